The van der Waals surface area contributed by atoms with Crippen LogP contribution in [0.1, 0.15) is 20.8 Å². The van der Waals surface area contributed by atoms with Crippen molar-refractivity contribution in [3.05, 3.63) is 64.3 Å². The van der Waals surface area contributed by atoms with Crippen molar-refractivity contribution in [3.8, 4) is 0 Å². The molecule has 1 aliphatic rings. The third kappa shape index (κ3) is 5.86. The summed E-state index contributed by atoms with van der Waals surface area (Å²) >= 11 is 6.48. The normalized spacial score (nSPS) is 14.4. The predicted molar refractivity (Wildman–Crippen MR) is 152 cm³/mol. The molecule has 1 aliphatic heterocycles. The van der Waals surface area contributed by atoms with Gasteiger partial charge >= 0.3 is 0 Å². The van der Waals surface area contributed by atoms with Gasteiger partial charge in [-0.2, -0.15) is 10.1 Å². The fourth-order valence-electron chi connectivity index (χ4n) is 4.24. The number of hydrogen-bond donors (Lipinski definition) is 2. The van der Waals surface area contributed by atoms with Crippen molar-refractivity contribution in [2.24, 2.45) is 5.10 Å². The van der Waals surface area contributed by atoms with Crippen LogP contribution in [0.5, 0.6) is 0 Å². The highest BCUT2D eigenvalue weighted by Crippen LogP contribution is 2.33. The van der Waals surface area contributed by atoms with Gasteiger partial charge in [0.25, 0.3) is 5.56 Å². The van der Waals surface area contributed by atoms with E-state index in [2.05, 4.69) is 32.3 Å². The van der Waals surface area contributed by atoms with Crippen LogP contribution in [0.3, 0.4) is 0 Å². The Labute approximate surface area is 230 Å². The number of nitrogens with zero attached hydrogens (tertiary/aromatic N) is 7. The minimum absolute atomic E-state index is 0.119. The molecule has 1 aromatic carbocycles. The lowest BCUT2D eigenvalue weighted by Crippen LogP contribution is -2.44. The van der Waals surface area contributed by atoms with E-state index in [1.807, 2.05) is 18.7 Å². The van der Waals surface area contributed by atoms with Crippen molar-refractivity contribution < 1.29 is 9.18 Å². The van der Waals surface area contributed by atoms with Crippen LogP contribution < -0.4 is 21.1 Å². The van der Waals surface area contributed by atoms with Crippen molar-refractivity contribution in [2.75, 3.05) is 36.4 Å². The standard InChI is InChI=1S/C26H31ClFN9O2/c1-5-7-22(33-35(16-38)17(3)4)37-24-19(25(39)36(37)10-6-2)15-30-26(32-24)31-18-13-20(27)23(21(28)14-18)34-11-8-29-9-12-34/h5-7,13-17,29H,2,8-12H2,1,3-4H3,(H,30,31,32)/b7-5-,33-22+. The van der Waals surface area contributed by atoms with Crippen LogP contribution in [0, 0.1) is 5.82 Å². The van der Waals surface area contributed by atoms with E-state index in [-0.39, 0.29) is 46.0 Å². The van der Waals surface area contributed by atoms with Gasteiger partial charge in [-0.3, -0.25) is 9.59 Å². The van der Waals surface area contributed by atoms with Crippen LogP contribution in [0.4, 0.5) is 21.7 Å². The van der Waals surface area contributed by atoms with Crippen molar-refractivity contribution in [1.29, 1.82) is 0 Å². The Morgan fingerprint density at radius 3 is 2.72 bits per heavy atom. The maximum atomic E-state index is 15.1. The number of hydrogen-bond acceptors (Lipinski definition) is 8. The minimum Gasteiger partial charge on any atom is -0.365 e. The van der Waals surface area contributed by atoms with E-state index in [1.54, 1.807) is 31.2 Å². The van der Waals surface area contributed by atoms with Crippen molar-refractivity contribution >= 4 is 52.2 Å². The fourth-order valence-corrected chi connectivity index (χ4v) is 4.57. The molecule has 13 heteroatoms. The number of hydrazone groups is 1. The van der Waals surface area contributed by atoms with Gasteiger partial charge in [0.15, 0.2) is 11.5 Å². The number of benzene rings is 1. The molecule has 206 valence electrons. The molecule has 0 atom stereocenters. The van der Waals surface area contributed by atoms with Gasteiger partial charge in [-0.1, -0.05) is 23.8 Å². The number of carbonyl (C=O) groups excluding carboxylic acids is 1. The molecule has 2 aromatic heterocycles. The highest BCUT2D eigenvalue weighted by molar-refractivity contribution is 6.33. The van der Waals surface area contributed by atoms with Crippen molar-refractivity contribution in [1.82, 2.24) is 29.7 Å². The second kappa shape index (κ2) is 12.2. The van der Waals surface area contributed by atoms with Crippen LogP contribution in [-0.4, -0.2) is 68.8 Å². The van der Waals surface area contributed by atoms with Gasteiger partial charge in [0, 0.05) is 44.1 Å². The zero-order chi connectivity index (χ0) is 28.1. The first kappa shape index (κ1) is 28.0. The lowest BCUT2D eigenvalue weighted by molar-refractivity contribution is -0.119. The fraction of sp³-hybridized carbons (Fsp3) is 0.346. The number of halogens is 2. The van der Waals surface area contributed by atoms with Crippen molar-refractivity contribution in [2.45, 2.75) is 33.4 Å². The maximum absolute atomic E-state index is 15.1. The van der Waals surface area contributed by atoms with Crippen LogP contribution in [-0.2, 0) is 11.3 Å². The molecule has 11 nitrogen and oxygen atoms in total. The van der Waals surface area contributed by atoms with Gasteiger partial charge in [-0.25, -0.2) is 23.7 Å². The molecule has 0 unspecified atom stereocenters. The smallest absolute Gasteiger partial charge is 0.278 e. The second-order valence-electron chi connectivity index (χ2n) is 9.11. The number of rotatable bonds is 9. The Morgan fingerprint density at radius 2 is 2.10 bits per heavy atom. The van der Waals surface area contributed by atoms with E-state index in [0.29, 0.717) is 30.9 Å². The van der Waals surface area contributed by atoms with Gasteiger partial charge in [0.2, 0.25) is 12.4 Å². The highest BCUT2D eigenvalue weighted by atomic mass is 35.5. The topological polar surface area (TPSA) is 113 Å². The molecule has 4 rings (SSSR count). The number of amides is 1. The molecule has 1 amide bonds. The number of anilines is 3. The van der Waals surface area contributed by atoms with Crippen molar-refractivity contribution in [3.63, 3.8) is 0 Å². The molecule has 3 heterocycles. The number of piperazine rings is 1. The highest BCUT2D eigenvalue weighted by Gasteiger charge is 2.21. The quantitative estimate of drug-likeness (QED) is 0.137. The van der Waals surface area contributed by atoms with Crippen LogP contribution in [0.25, 0.3) is 11.0 Å². The van der Waals surface area contributed by atoms with Gasteiger partial charge in [-0.05, 0) is 39.0 Å². The van der Waals surface area contributed by atoms with E-state index in [0.717, 1.165) is 13.1 Å². The maximum Gasteiger partial charge on any atom is 0.278 e. The molecule has 1 saturated heterocycles. The van der Waals surface area contributed by atoms with E-state index in [1.165, 1.54) is 26.6 Å². The number of nitrogens with one attached hydrogen (secondary N) is 2. The number of carbonyl (C=O) groups is 1. The summed E-state index contributed by atoms with van der Waals surface area (Å²) in [6.45, 7) is 12.1. The molecule has 3 aromatic rings. The zero-order valence-corrected chi connectivity index (χ0v) is 22.8. The summed E-state index contributed by atoms with van der Waals surface area (Å²) in [5.74, 6) is -0.0631. The van der Waals surface area contributed by atoms with Crippen LogP contribution in [0.2, 0.25) is 5.02 Å². The Balaban J connectivity index is 1.80. The average Bonchev–Trinajstić information content (AvgIpc) is 3.17. The first-order chi connectivity index (χ1) is 18.8. The number of fused-ring (bicyclic) bond motifs is 1. The van der Waals surface area contributed by atoms with Crippen LogP contribution in [0.15, 0.2) is 53.0 Å². The molecule has 0 saturated carbocycles. The SMILES string of the molecule is C=CCn1c(=O)c2cnc(Nc3cc(F)c(N4CCNCC4)c(Cl)c3)nc2n1C(/C=C\C)=N/N(C=O)C(C)C. The van der Waals surface area contributed by atoms with Gasteiger partial charge in [-0.15, -0.1) is 6.58 Å². The second-order valence-corrected chi connectivity index (χ2v) is 9.51. The molecule has 0 radical (unpaired) electrons. The Bertz CT molecular complexity index is 1470. The lowest BCUT2D eigenvalue weighted by Gasteiger charge is -2.30. The molecule has 0 aliphatic carbocycles. The summed E-state index contributed by atoms with van der Waals surface area (Å²) in [6.07, 6.45) is 6.98. The summed E-state index contributed by atoms with van der Waals surface area (Å²) in [6, 6.07) is 2.73. The molecule has 0 bridgehead atoms. The first-order valence-corrected chi connectivity index (χ1v) is 12.9. The van der Waals surface area contributed by atoms with E-state index in [9.17, 15) is 9.59 Å². The largest absolute Gasteiger partial charge is 0.365 e. The summed E-state index contributed by atoms with van der Waals surface area (Å²) in [5.41, 5.74) is 0.595. The van der Waals surface area contributed by atoms with Gasteiger partial charge < -0.3 is 15.5 Å². The molecular weight excluding hydrogens is 525 g/mol. The Morgan fingerprint density at radius 1 is 1.36 bits per heavy atom. The summed E-state index contributed by atoms with van der Waals surface area (Å²) in [7, 11) is 0. The molecule has 0 spiro atoms. The van der Waals surface area contributed by atoms with E-state index < -0.39 is 5.82 Å². The monoisotopic (exact) mass is 555 g/mol. The molecular formula is C26H31ClFN9O2. The third-order valence-corrected chi connectivity index (χ3v) is 6.36. The molecule has 39 heavy (non-hydrogen) atoms. The van der Waals surface area contributed by atoms with Crippen LogP contribution >= 0.6 is 11.6 Å². The Kier molecular flexibility index (Phi) is 8.77. The van der Waals surface area contributed by atoms with Gasteiger partial charge in [0.05, 0.1) is 17.3 Å². The van der Waals surface area contributed by atoms with E-state index in [4.69, 9.17) is 11.6 Å². The zero-order valence-electron chi connectivity index (χ0n) is 22.1. The summed E-state index contributed by atoms with van der Waals surface area (Å²) in [5, 5.41) is 12.4. The Hall–Kier alpha value is -4.03. The van der Waals surface area contributed by atoms with Gasteiger partial charge in [0.1, 0.15) is 11.2 Å². The number of allylic oxidation sites excluding steroid dienone is 3. The minimum atomic E-state index is -0.466. The van der Waals surface area contributed by atoms with E-state index >= 15 is 4.39 Å². The third-order valence-electron chi connectivity index (χ3n) is 6.07. The molecule has 1 fully saturated rings. The summed E-state index contributed by atoms with van der Waals surface area (Å²) in [4.78, 5) is 35.6. The molecule has 2 N–H and O–H groups in total. The number of aromatic nitrogens is 4. The average molecular weight is 556 g/mol. The predicted octanol–water partition coefficient (Wildman–Crippen LogP) is 3.33. The first-order valence-electron chi connectivity index (χ1n) is 12.6. The lowest BCUT2D eigenvalue weighted by atomic mass is 10.2. The summed E-state index contributed by atoms with van der Waals surface area (Å²) < 4.78 is 18.0.